The first-order chi connectivity index (χ1) is 8.89. The number of ketones is 1. The Morgan fingerprint density at radius 2 is 1.89 bits per heavy atom. The molecular weight excluding hydrogens is 262 g/mol. The van der Waals surface area contributed by atoms with Crippen molar-refractivity contribution in [3.8, 4) is 0 Å². The van der Waals surface area contributed by atoms with E-state index in [1.165, 1.54) is 24.5 Å². The third-order valence-corrected chi connectivity index (χ3v) is 2.46. The lowest BCUT2D eigenvalue weighted by atomic mass is 10.0. The number of hydrogen-bond acceptors (Lipinski definition) is 2. The molecule has 0 fully saturated rings. The summed E-state index contributed by atoms with van der Waals surface area (Å²) in [6.07, 6.45) is -1.99. The Morgan fingerprint density at radius 3 is 2.42 bits per heavy atom. The number of benzene rings is 1. The third kappa shape index (κ3) is 2.78. The number of hydrogen-bond donors (Lipinski definition) is 0. The minimum atomic E-state index is -4.64. The second-order valence-corrected chi connectivity index (χ2v) is 3.76. The van der Waals surface area contributed by atoms with Crippen LogP contribution in [0.25, 0.3) is 0 Å². The first kappa shape index (κ1) is 13.2. The van der Waals surface area contributed by atoms with Gasteiger partial charge in [-0.1, -0.05) is 0 Å². The number of aromatic nitrogens is 1. The van der Waals surface area contributed by atoms with Crippen molar-refractivity contribution in [1.82, 2.24) is 4.98 Å². The van der Waals surface area contributed by atoms with E-state index in [2.05, 4.69) is 4.98 Å². The van der Waals surface area contributed by atoms with Crippen molar-refractivity contribution in [2.75, 3.05) is 0 Å². The van der Waals surface area contributed by atoms with Crippen LogP contribution < -0.4 is 0 Å². The SMILES string of the molecule is O=C(c1cccnc1)c1ccc(C(F)(F)F)cc1F. The van der Waals surface area contributed by atoms with Crippen molar-refractivity contribution in [3.05, 3.63) is 65.2 Å². The van der Waals surface area contributed by atoms with Gasteiger partial charge >= 0.3 is 6.18 Å². The highest BCUT2D eigenvalue weighted by atomic mass is 19.4. The highest BCUT2D eigenvalue weighted by Crippen LogP contribution is 2.30. The van der Waals surface area contributed by atoms with Crippen LogP contribution in [0, 0.1) is 5.82 Å². The number of carbonyl (C=O) groups excluding carboxylic acids is 1. The minimum absolute atomic E-state index is 0.112. The van der Waals surface area contributed by atoms with Crippen molar-refractivity contribution < 1.29 is 22.4 Å². The van der Waals surface area contributed by atoms with Crippen LogP contribution in [0.3, 0.4) is 0 Å². The Kier molecular flexibility index (Phi) is 3.33. The third-order valence-electron chi connectivity index (χ3n) is 2.46. The van der Waals surface area contributed by atoms with Gasteiger partial charge < -0.3 is 0 Å². The van der Waals surface area contributed by atoms with Crippen molar-refractivity contribution in [2.24, 2.45) is 0 Å². The summed E-state index contributed by atoms with van der Waals surface area (Å²) in [5.74, 6) is -1.91. The Labute approximate surface area is 105 Å². The molecule has 1 aromatic heterocycles. The van der Waals surface area contributed by atoms with Crippen LogP contribution in [0.2, 0.25) is 0 Å². The minimum Gasteiger partial charge on any atom is -0.288 e. The number of carbonyl (C=O) groups is 1. The molecular formula is C13H7F4NO. The van der Waals surface area contributed by atoms with Gasteiger partial charge in [-0.05, 0) is 30.3 Å². The standard InChI is InChI=1S/C13H7F4NO/c14-11-6-9(13(15,16)17)3-4-10(11)12(19)8-2-1-5-18-7-8/h1-7H. The molecule has 1 heterocycles. The van der Waals surface area contributed by atoms with Crippen molar-refractivity contribution in [1.29, 1.82) is 0 Å². The molecule has 0 saturated carbocycles. The van der Waals surface area contributed by atoms with Crippen LogP contribution in [0.5, 0.6) is 0 Å². The van der Waals surface area contributed by atoms with Gasteiger partial charge in [-0.25, -0.2) is 4.39 Å². The summed E-state index contributed by atoms with van der Waals surface area (Å²) in [6.45, 7) is 0. The molecule has 0 N–H and O–H groups in total. The fraction of sp³-hybridized carbons (Fsp3) is 0.0769. The van der Waals surface area contributed by atoms with Gasteiger partial charge in [0, 0.05) is 18.0 Å². The molecule has 2 rings (SSSR count). The number of nitrogens with zero attached hydrogens (tertiary/aromatic N) is 1. The van der Waals surface area contributed by atoms with E-state index >= 15 is 0 Å². The summed E-state index contributed by atoms with van der Waals surface area (Å²) in [5, 5.41) is 0. The summed E-state index contributed by atoms with van der Waals surface area (Å²) in [6, 6.07) is 4.70. The maximum atomic E-state index is 13.6. The molecule has 0 spiro atoms. The average molecular weight is 269 g/mol. The molecule has 0 radical (unpaired) electrons. The summed E-state index contributed by atoms with van der Waals surface area (Å²) in [7, 11) is 0. The predicted octanol–water partition coefficient (Wildman–Crippen LogP) is 3.47. The van der Waals surface area contributed by atoms with E-state index in [9.17, 15) is 22.4 Å². The van der Waals surface area contributed by atoms with Crippen LogP contribution in [-0.4, -0.2) is 10.8 Å². The lowest BCUT2D eigenvalue weighted by Gasteiger charge is -2.08. The molecule has 0 saturated heterocycles. The maximum absolute atomic E-state index is 13.6. The van der Waals surface area contributed by atoms with Crippen LogP contribution in [-0.2, 0) is 6.18 Å². The van der Waals surface area contributed by atoms with E-state index < -0.39 is 28.9 Å². The van der Waals surface area contributed by atoms with Crippen LogP contribution in [0.1, 0.15) is 21.5 Å². The largest absolute Gasteiger partial charge is 0.416 e. The lowest BCUT2D eigenvalue weighted by molar-refractivity contribution is -0.137. The fourth-order valence-electron chi connectivity index (χ4n) is 1.53. The molecule has 2 nitrogen and oxygen atoms in total. The van der Waals surface area contributed by atoms with Gasteiger partial charge in [-0.15, -0.1) is 0 Å². The van der Waals surface area contributed by atoms with Gasteiger partial charge in [0.25, 0.3) is 0 Å². The predicted molar refractivity (Wildman–Crippen MR) is 59.1 cm³/mol. The van der Waals surface area contributed by atoms with E-state index in [-0.39, 0.29) is 5.56 Å². The highest BCUT2D eigenvalue weighted by Gasteiger charge is 2.31. The molecule has 0 atom stereocenters. The quantitative estimate of drug-likeness (QED) is 0.617. The Balaban J connectivity index is 2.40. The number of alkyl halides is 3. The molecule has 0 aliphatic heterocycles. The molecule has 0 bridgehead atoms. The molecule has 0 amide bonds. The van der Waals surface area contributed by atoms with E-state index in [0.29, 0.717) is 12.1 Å². The number of rotatable bonds is 2. The zero-order valence-electron chi connectivity index (χ0n) is 9.41. The topological polar surface area (TPSA) is 30.0 Å². The number of pyridine rings is 1. The van der Waals surface area contributed by atoms with Crippen LogP contribution in [0.15, 0.2) is 42.7 Å². The lowest BCUT2D eigenvalue weighted by Crippen LogP contribution is -2.09. The monoisotopic (exact) mass is 269 g/mol. The van der Waals surface area contributed by atoms with Gasteiger partial charge in [0.15, 0.2) is 5.78 Å². The smallest absolute Gasteiger partial charge is 0.288 e. The second-order valence-electron chi connectivity index (χ2n) is 3.76. The van der Waals surface area contributed by atoms with Gasteiger partial charge in [0.2, 0.25) is 0 Å². The van der Waals surface area contributed by atoms with E-state index in [4.69, 9.17) is 0 Å². The fourth-order valence-corrected chi connectivity index (χ4v) is 1.53. The normalized spacial score (nSPS) is 11.4. The Morgan fingerprint density at radius 1 is 1.16 bits per heavy atom. The first-order valence-corrected chi connectivity index (χ1v) is 5.21. The van der Waals surface area contributed by atoms with Crippen molar-refractivity contribution in [3.63, 3.8) is 0 Å². The molecule has 0 aliphatic carbocycles. The summed E-state index contributed by atoms with van der Waals surface area (Å²) in [5.41, 5.74) is -1.44. The molecule has 6 heteroatoms. The first-order valence-electron chi connectivity index (χ1n) is 5.21. The van der Waals surface area contributed by atoms with Crippen molar-refractivity contribution >= 4 is 5.78 Å². The molecule has 0 aliphatic rings. The van der Waals surface area contributed by atoms with Gasteiger partial charge in [0.1, 0.15) is 5.82 Å². The summed E-state index contributed by atoms with van der Waals surface area (Å²) < 4.78 is 50.7. The molecule has 2 aromatic rings. The summed E-state index contributed by atoms with van der Waals surface area (Å²) >= 11 is 0. The van der Waals surface area contributed by atoms with Gasteiger partial charge in [-0.2, -0.15) is 13.2 Å². The second kappa shape index (κ2) is 4.79. The summed E-state index contributed by atoms with van der Waals surface area (Å²) in [4.78, 5) is 15.6. The Hall–Kier alpha value is -2.24. The Bertz CT molecular complexity index is 608. The zero-order valence-corrected chi connectivity index (χ0v) is 9.41. The van der Waals surface area contributed by atoms with E-state index in [1.807, 2.05) is 0 Å². The zero-order chi connectivity index (χ0) is 14.0. The molecule has 1 aromatic carbocycles. The van der Waals surface area contributed by atoms with E-state index in [1.54, 1.807) is 0 Å². The highest BCUT2D eigenvalue weighted by molar-refractivity contribution is 6.08. The van der Waals surface area contributed by atoms with Gasteiger partial charge in [-0.3, -0.25) is 9.78 Å². The van der Waals surface area contributed by atoms with E-state index in [0.717, 1.165) is 6.07 Å². The maximum Gasteiger partial charge on any atom is 0.416 e. The molecule has 98 valence electrons. The van der Waals surface area contributed by atoms with Gasteiger partial charge in [0.05, 0.1) is 11.1 Å². The van der Waals surface area contributed by atoms with Crippen molar-refractivity contribution in [2.45, 2.75) is 6.18 Å². The van der Waals surface area contributed by atoms with Crippen LogP contribution in [0.4, 0.5) is 17.6 Å². The average Bonchev–Trinajstić information content (AvgIpc) is 2.38. The van der Waals surface area contributed by atoms with Crippen LogP contribution >= 0.6 is 0 Å². The molecule has 19 heavy (non-hydrogen) atoms. The molecule has 0 unspecified atom stereocenters. The number of halogens is 4.